The van der Waals surface area contributed by atoms with Gasteiger partial charge in [0.05, 0.1) is 5.58 Å². The minimum Gasteiger partial charge on any atom is 0 e. The second-order valence-corrected chi connectivity index (χ2v) is 23.8. The normalized spacial score (nSPS) is 11.1. The van der Waals surface area contributed by atoms with Crippen LogP contribution >= 0.6 is 0 Å². The van der Waals surface area contributed by atoms with Crippen molar-refractivity contribution in [3.8, 4) is 39.7 Å². The summed E-state index contributed by atoms with van der Waals surface area (Å²) in [4.78, 5) is 9.19. The average Bonchev–Trinajstić information content (AvgIpc) is 3.47. The van der Waals surface area contributed by atoms with E-state index in [9.17, 15) is 0 Å². The van der Waals surface area contributed by atoms with Crippen LogP contribution in [0, 0.1) is 30.4 Å². The third-order valence-electron chi connectivity index (χ3n) is 8.41. The number of aryl methyl sites for hydroxylation is 1. The number of nitrogens with zero attached hydrogens (tertiary/aromatic N) is 3. The second-order valence-electron chi connectivity index (χ2n) is 13.1. The van der Waals surface area contributed by atoms with Gasteiger partial charge in [0.25, 0.3) is 0 Å². The van der Waals surface area contributed by atoms with Crippen molar-refractivity contribution in [2.24, 2.45) is 0 Å². The summed E-state index contributed by atoms with van der Waals surface area (Å²) in [7, 11) is 0. The largest absolute Gasteiger partial charge is 0 e. The van der Waals surface area contributed by atoms with Crippen LogP contribution in [0.4, 0.5) is 0 Å². The fourth-order valence-electron chi connectivity index (χ4n) is 5.69. The molecule has 0 bridgehead atoms. The Hall–Kier alpha value is -4.34. The Kier molecular flexibility index (Phi) is 10.8. The molecule has 0 amide bonds. The van der Waals surface area contributed by atoms with Crippen LogP contribution in [0.1, 0.15) is 36.5 Å². The first kappa shape index (κ1) is 35.0. The Morgan fingerprint density at radius 1 is 0.792 bits per heavy atom. The van der Waals surface area contributed by atoms with Crippen molar-refractivity contribution >= 4 is 39.6 Å². The monoisotopic (exact) mass is 866 g/mol. The number of hydrogen-bond donors (Lipinski definition) is 0. The summed E-state index contributed by atoms with van der Waals surface area (Å²) in [6, 6.07) is 41.2. The van der Waals surface area contributed by atoms with Crippen molar-refractivity contribution in [2.45, 2.75) is 44.0 Å². The molecule has 0 spiro atoms. The molecule has 6 heteroatoms. The van der Waals surface area contributed by atoms with Crippen molar-refractivity contribution in [3.63, 3.8) is 0 Å². The van der Waals surface area contributed by atoms with E-state index in [1.807, 2.05) is 36.7 Å². The summed E-state index contributed by atoms with van der Waals surface area (Å²) in [5, 5.41) is 11.0. The molecular weight excluding hydrogens is 827 g/mol. The summed E-state index contributed by atoms with van der Waals surface area (Å²) >= 11 is -1.78. The number of nitriles is 1. The molecule has 0 aliphatic heterocycles. The molecule has 0 fully saturated rings. The van der Waals surface area contributed by atoms with Gasteiger partial charge in [0.2, 0.25) is 0 Å². The van der Waals surface area contributed by atoms with E-state index in [1.165, 1.54) is 21.1 Å². The molecule has 0 unspecified atom stereocenters. The molecule has 3 aromatic heterocycles. The van der Waals surface area contributed by atoms with Gasteiger partial charge in [-0.25, -0.2) is 0 Å². The number of rotatable bonds is 5. The van der Waals surface area contributed by atoms with E-state index in [-0.39, 0.29) is 20.1 Å². The summed E-state index contributed by atoms with van der Waals surface area (Å²) in [5.74, 6) is 7.50. The fraction of sp³-hybridized carbons (Fsp3) is 0.167. The van der Waals surface area contributed by atoms with Crippen LogP contribution in [0.5, 0.6) is 0 Å². The van der Waals surface area contributed by atoms with Crippen LogP contribution in [-0.4, -0.2) is 23.2 Å². The van der Waals surface area contributed by atoms with Gasteiger partial charge in [0, 0.05) is 31.7 Å². The van der Waals surface area contributed by atoms with E-state index in [2.05, 4.69) is 127 Å². The minimum atomic E-state index is -1.78. The zero-order chi connectivity index (χ0) is 33.1. The molecule has 0 aliphatic carbocycles. The van der Waals surface area contributed by atoms with Gasteiger partial charge >= 0.3 is 111 Å². The molecule has 0 aliphatic rings. The van der Waals surface area contributed by atoms with E-state index >= 15 is 0 Å². The summed E-state index contributed by atoms with van der Waals surface area (Å²) in [6.45, 7) is 6.54. The molecule has 241 valence electrons. The average molecular weight is 865 g/mol. The number of fused-ring (bicyclic) bond motifs is 3. The van der Waals surface area contributed by atoms with E-state index in [0.717, 1.165) is 50.0 Å². The molecule has 0 saturated carbocycles. The van der Waals surface area contributed by atoms with Crippen molar-refractivity contribution in [1.82, 2.24) is 9.97 Å². The molecule has 7 aromatic rings. The van der Waals surface area contributed by atoms with Gasteiger partial charge < -0.3 is 9.40 Å². The standard InChI is InChI=1S/C27H22NO.C15H15GeN2.Ir/c1-17(2)24-15-25(28-16-18(24)3)23-11-7-10-22-21-13-12-20(14-26(21)29-27(22)23)19-8-5-4-6-9-19;1-16(2,3)14-8-9-15(18-11-14)13-6-4-12(10-17)5-7-13;/h4-10,12-17H,1-3H3;4-6,8-9,11H,1-3H3;/q2*-1;. The topological polar surface area (TPSA) is 62.7 Å². The zero-order valence-corrected chi connectivity index (χ0v) is 32.5. The molecule has 4 aromatic carbocycles. The van der Waals surface area contributed by atoms with E-state index in [1.54, 1.807) is 12.1 Å². The minimum absolute atomic E-state index is 0. The maximum absolute atomic E-state index is 8.75. The van der Waals surface area contributed by atoms with Crippen LogP contribution in [-0.2, 0) is 20.1 Å². The molecule has 3 heterocycles. The van der Waals surface area contributed by atoms with Crippen LogP contribution < -0.4 is 4.40 Å². The Morgan fingerprint density at radius 3 is 2.21 bits per heavy atom. The second kappa shape index (κ2) is 14.8. The maximum atomic E-state index is 8.75. The number of benzene rings is 4. The molecular formula is C42H37GeIrN3O-2. The van der Waals surface area contributed by atoms with Gasteiger partial charge in [0.15, 0.2) is 0 Å². The third-order valence-corrected chi connectivity index (χ3v) is 12.7. The summed E-state index contributed by atoms with van der Waals surface area (Å²) < 4.78 is 7.76. The number of furan rings is 1. The quantitative estimate of drug-likeness (QED) is 0.128. The van der Waals surface area contributed by atoms with Crippen molar-refractivity contribution in [2.75, 3.05) is 0 Å². The smallest absolute Gasteiger partial charge is 0 e. The molecule has 0 atom stereocenters. The first-order chi connectivity index (χ1) is 22.6. The Bertz CT molecular complexity index is 2210. The van der Waals surface area contributed by atoms with Gasteiger partial charge in [-0.2, -0.15) is 0 Å². The van der Waals surface area contributed by atoms with Crippen LogP contribution in [0.15, 0.2) is 114 Å². The molecule has 7 rings (SSSR count). The Balaban J connectivity index is 0.000000205. The molecule has 0 saturated heterocycles. The first-order valence-corrected chi connectivity index (χ1v) is 23.2. The Labute approximate surface area is 299 Å². The van der Waals surface area contributed by atoms with Crippen LogP contribution in [0.2, 0.25) is 17.3 Å². The molecule has 48 heavy (non-hydrogen) atoms. The zero-order valence-electron chi connectivity index (χ0n) is 28.1. The number of hydrogen-bond acceptors (Lipinski definition) is 4. The predicted octanol–water partition coefficient (Wildman–Crippen LogP) is 10.5. The first-order valence-electron chi connectivity index (χ1n) is 15.9. The third kappa shape index (κ3) is 7.53. The molecule has 1 radical (unpaired) electrons. The van der Waals surface area contributed by atoms with Crippen LogP contribution in [0.25, 0.3) is 55.6 Å². The van der Waals surface area contributed by atoms with Crippen molar-refractivity contribution < 1.29 is 24.5 Å². The van der Waals surface area contributed by atoms with Gasteiger partial charge in [-0.05, 0) is 46.9 Å². The number of pyridine rings is 2. The van der Waals surface area contributed by atoms with E-state index < -0.39 is 13.3 Å². The van der Waals surface area contributed by atoms with Gasteiger partial charge in [0.1, 0.15) is 5.58 Å². The van der Waals surface area contributed by atoms with Gasteiger partial charge in [-0.1, -0.05) is 73.3 Å². The fourth-order valence-corrected chi connectivity index (χ4v) is 7.86. The van der Waals surface area contributed by atoms with Crippen molar-refractivity contribution in [1.29, 1.82) is 5.26 Å². The Morgan fingerprint density at radius 2 is 1.56 bits per heavy atom. The maximum Gasteiger partial charge on any atom is 0 e. The molecule has 4 nitrogen and oxygen atoms in total. The van der Waals surface area contributed by atoms with Gasteiger partial charge in [-0.15, -0.1) is 18.2 Å². The van der Waals surface area contributed by atoms with Crippen LogP contribution in [0.3, 0.4) is 0 Å². The summed E-state index contributed by atoms with van der Waals surface area (Å²) in [6.07, 6.45) is 3.94. The molecule has 0 N–H and O–H groups in total. The number of aromatic nitrogens is 2. The predicted molar refractivity (Wildman–Crippen MR) is 196 cm³/mol. The van der Waals surface area contributed by atoms with E-state index in [0.29, 0.717) is 11.5 Å². The van der Waals surface area contributed by atoms with E-state index in [4.69, 9.17) is 9.68 Å². The SMILES string of the molecule is Cc1cnc(-c2[c-]ccc3c2oc2cc(-c4ccccc4)ccc23)cc1C(C)C.[CH3][Ge]([CH3])([CH3])[c]1ccc(-c2[c-]cc(C#N)cc2)nc1.[Ir]. The van der Waals surface area contributed by atoms with Gasteiger partial charge in [-0.3, -0.25) is 0 Å². The van der Waals surface area contributed by atoms with Crippen molar-refractivity contribution in [3.05, 3.63) is 138 Å². The summed E-state index contributed by atoms with van der Waals surface area (Å²) in [5.41, 5.74) is 10.9.